The van der Waals surface area contributed by atoms with Crippen LogP contribution in [0.4, 0.5) is 10.5 Å². The van der Waals surface area contributed by atoms with Crippen LogP contribution in [0.25, 0.3) is 6.08 Å². The molecule has 0 radical (unpaired) electrons. The molecule has 31 heavy (non-hydrogen) atoms. The second-order valence-electron chi connectivity index (χ2n) is 7.10. The Kier molecular flexibility index (Phi) is 7.54. The number of carbonyl (C=O) groups excluding carboxylic acids is 2. The van der Waals surface area contributed by atoms with Crippen LogP contribution in [-0.2, 0) is 9.53 Å². The summed E-state index contributed by atoms with van der Waals surface area (Å²) in [6, 6.07) is 12.7. The zero-order valence-corrected chi connectivity index (χ0v) is 18.1. The van der Waals surface area contributed by atoms with E-state index in [1.54, 1.807) is 39.4 Å². The number of hydrogen-bond acceptors (Lipinski definition) is 5. The number of urea groups is 1. The number of nitrogens with zero attached hydrogens (tertiary/aromatic N) is 1. The lowest BCUT2D eigenvalue weighted by Crippen LogP contribution is -2.34. The first-order valence-corrected chi connectivity index (χ1v) is 10.3. The molecule has 2 aromatic rings. The highest BCUT2D eigenvalue weighted by Gasteiger charge is 2.32. The van der Waals surface area contributed by atoms with Gasteiger partial charge in [0.1, 0.15) is 11.5 Å². The Hall–Kier alpha value is -3.48. The van der Waals surface area contributed by atoms with Gasteiger partial charge in [-0.15, -0.1) is 0 Å². The van der Waals surface area contributed by atoms with Gasteiger partial charge in [0.05, 0.1) is 26.9 Å². The van der Waals surface area contributed by atoms with Crippen LogP contribution >= 0.6 is 0 Å². The summed E-state index contributed by atoms with van der Waals surface area (Å²) in [5, 5.41) is 2.96. The number of likely N-dealkylation sites (tertiary alicyclic amines) is 1. The smallest absolute Gasteiger partial charge is 0.330 e. The van der Waals surface area contributed by atoms with Crippen LogP contribution in [0, 0.1) is 0 Å². The minimum atomic E-state index is -0.382. The SMILES string of the molecule is CCOC(=O)/C=C/c1ccc(NC(=O)N2CCCC2c2cc(OC)ccc2OC)cc1. The fourth-order valence-electron chi connectivity index (χ4n) is 3.66. The molecule has 7 heteroatoms. The van der Waals surface area contributed by atoms with Crippen molar-refractivity contribution in [3.8, 4) is 11.5 Å². The first kappa shape index (κ1) is 22.2. The molecule has 0 spiro atoms. The minimum absolute atomic E-state index is 0.0863. The molecule has 2 aromatic carbocycles. The number of benzene rings is 2. The van der Waals surface area contributed by atoms with Gasteiger partial charge in [-0.3, -0.25) is 0 Å². The van der Waals surface area contributed by atoms with Gasteiger partial charge in [-0.25, -0.2) is 9.59 Å². The lowest BCUT2D eigenvalue weighted by atomic mass is 10.0. The molecule has 3 rings (SSSR count). The van der Waals surface area contributed by atoms with E-state index < -0.39 is 0 Å². The minimum Gasteiger partial charge on any atom is -0.497 e. The van der Waals surface area contributed by atoms with E-state index in [-0.39, 0.29) is 18.0 Å². The van der Waals surface area contributed by atoms with Crippen molar-refractivity contribution in [2.75, 3.05) is 32.7 Å². The van der Waals surface area contributed by atoms with Gasteiger partial charge >= 0.3 is 12.0 Å². The standard InChI is InChI=1S/C24H28N2O5/c1-4-31-23(27)14-9-17-7-10-18(11-8-17)25-24(28)26-15-5-6-21(26)20-16-19(29-2)12-13-22(20)30-3/h7-14,16,21H,4-6,15H2,1-3H3,(H,25,28)/b14-9+. The van der Waals surface area contributed by atoms with Gasteiger partial charge in [-0.2, -0.15) is 0 Å². The molecule has 1 saturated heterocycles. The molecule has 0 aromatic heterocycles. The number of nitrogens with one attached hydrogen (secondary N) is 1. The van der Waals surface area contributed by atoms with Gasteiger partial charge in [-0.05, 0) is 61.7 Å². The van der Waals surface area contributed by atoms with Crippen molar-refractivity contribution in [3.63, 3.8) is 0 Å². The summed E-state index contributed by atoms with van der Waals surface area (Å²) in [7, 11) is 3.25. The summed E-state index contributed by atoms with van der Waals surface area (Å²) in [6.07, 6.45) is 4.83. The third-order valence-electron chi connectivity index (χ3n) is 5.17. The van der Waals surface area contributed by atoms with Crippen LogP contribution in [0.15, 0.2) is 48.5 Å². The van der Waals surface area contributed by atoms with Crippen molar-refractivity contribution in [2.45, 2.75) is 25.8 Å². The summed E-state index contributed by atoms with van der Waals surface area (Å²) in [5.41, 5.74) is 2.46. The molecule has 1 aliphatic rings. The third-order valence-corrected chi connectivity index (χ3v) is 5.17. The first-order chi connectivity index (χ1) is 15.0. The summed E-state index contributed by atoms with van der Waals surface area (Å²) in [4.78, 5) is 26.2. The fourth-order valence-corrected chi connectivity index (χ4v) is 3.66. The number of methoxy groups -OCH3 is 2. The van der Waals surface area contributed by atoms with Gasteiger partial charge < -0.3 is 24.4 Å². The van der Waals surface area contributed by atoms with E-state index in [0.717, 1.165) is 35.5 Å². The fraction of sp³-hybridized carbons (Fsp3) is 0.333. The molecule has 1 atom stereocenters. The first-order valence-electron chi connectivity index (χ1n) is 10.3. The topological polar surface area (TPSA) is 77.1 Å². The molecule has 0 saturated carbocycles. The van der Waals surface area contributed by atoms with Crippen LogP contribution in [0.3, 0.4) is 0 Å². The van der Waals surface area contributed by atoms with E-state index in [9.17, 15) is 9.59 Å². The number of rotatable bonds is 7. The Morgan fingerprint density at radius 3 is 2.58 bits per heavy atom. The largest absolute Gasteiger partial charge is 0.497 e. The van der Waals surface area contributed by atoms with E-state index in [4.69, 9.17) is 14.2 Å². The van der Waals surface area contributed by atoms with E-state index in [0.29, 0.717) is 18.8 Å². The van der Waals surface area contributed by atoms with Crippen molar-refractivity contribution in [1.29, 1.82) is 0 Å². The van der Waals surface area contributed by atoms with Crippen LogP contribution in [0.2, 0.25) is 0 Å². The monoisotopic (exact) mass is 424 g/mol. The zero-order chi connectivity index (χ0) is 22.2. The van der Waals surface area contributed by atoms with Gasteiger partial charge in [0, 0.05) is 23.9 Å². The normalized spacial score (nSPS) is 15.7. The zero-order valence-electron chi connectivity index (χ0n) is 18.1. The van der Waals surface area contributed by atoms with Crippen molar-refractivity contribution < 1.29 is 23.8 Å². The van der Waals surface area contributed by atoms with E-state index in [1.165, 1.54) is 6.08 Å². The van der Waals surface area contributed by atoms with Gasteiger partial charge in [0.2, 0.25) is 0 Å². The highest BCUT2D eigenvalue weighted by molar-refractivity contribution is 5.90. The molecule has 2 amide bonds. The molecule has 1 N–H and O–H groups in total. The predicted octanol–water partition coefficient (Wildman–Crippen LogP) is 4.65. The molecule has 1 unspecified atom stereocenters. The van der Waals surface area contributed by atoms with Crippen LogP contribution < -0.4 is 14.8 Å². The van der Waals surface area contributed by atoms with Crippen LogP contribution in [-0.4, -0.2) is 44.3 Å². The summed E-state index contributed by atoms with van der Waals surface area (Å²) >= 11 is 0. The van der Waals surface area contributed by atoms with E-state index >= 15 is 0 Å². The molecular formula is C24H28N2O5. The third kappa shape index (κ3) is 5.57. The summed E-state index contributed by atoms with van der Waals surface area (Å²) < 4.78 is 15.7. The molecular weight excluding hydrogens is 396 g/mol. The Morgan fingerprint density at radius 1 is 1.13 bits per heavy atom. The molecule has 7 nitrogen and oxygen atoms in total. The Morgan fingerprint density at radius 2 is 1.90 bits per heavy atom. The summed E-state index contributed by atoms with van der Waals surface area (Å²) in [6.45, 7) is 2.77. The summed E-state index contributed by atoms with van der Waals surface area (Å²) in [5.74, 6) is 1.09. The average Bonchev–Trinajstić information content (AvgIpc) is 3.28. The number of anilines is 1. The molecule has 1 fully saturated rings. The highest BCUT2D eigenvalue weighted by Crippen LogP contribution is 2.39. The van der Waals surface area contributed by atoms with Crippen molar-refractivity contribution >= 4 is 23.8 Å². The van der Waals surface area contributed by atoms with Crippen LogP contribution in [0.5, 0.6) is 11.5 Å². The van der Waals surface area contributed by atoms with Gasteiger partial charge in [0.15, 0.2) is 0 Å². The van der Waals surface area contributed by atoms with E-state index in [2.05, 4.69) is 5.32 Å². The second kappa shape index (κ2) is 10.5. The Bertz CT molecular complexity index is 939. The number of esters is 1. The molecule has 164 valence electrons. The maximum Gasteiger partial charge on any atom is 0.330 e. The van der Waals surface area contributed by atoms with Crippen LogP contribution in [0.1, 0.15) is 36.9 Å². The van der Waals surface area contributed by atoms with Gasteiger partial charge in [0.25, 0.3) is 0 Å². The number of hydrogen-bond donors (Lipinski definition) is 1. The second-order valence-corrected chi connectivity index (χ2v) is 7.10. The molecule has 1 aliphatic heterocycles. The molecule has 0 aliphatic carbocycles. The highest BCUT2D eigenvalue weighted by atomic mass is 16.5. The maximum atomic E-state index is 13.0. The van der Waals surface area contributed by atoms with Crippen molar-refractivity contribution in [2.24, 2.45) is 0 Å². The maximum absolute atomic E-state index is 13.0. The van der Waals surface area contributed by atoms with Crippen molar-refractivity contribution in [1.82, 2.24) is 4.90 Å². The predicted molar refractivity (Wildman–Crippen MR) is 119 cm³/mol. The molecule has 1 heterocycles. The van der Waals surface area contributed by atoms with Crippen molar-refractivity contribution in [3.05, 3.63) is 59.7 Å². The number of ether oxygens (including phenoxy) is 3. The Labute approximate surface area is 182 Å². The average molecular weight is 424 g/mol. The lowest BCUT2D eigenvalue weighted by molar-refractivity contribution is -0.137. The quantitative estimate of drug-likeness (QED) is 0.517. The lowest BCUT2D eigenvalue weighted by Gasteiger charge is -2.27. The molecule has 0 bridgehead atoms. The number of amides is 2. The Balaban J connectivity index is 1.69. The van der Waals surface area contributed by atoms with E-state index in [1.807, 2.05) is 35.2 Å². The van der Waals surface area contributed by atoms with Gasteiger partial charge in [-0.1, -0.05) is 12.1 Å². The number of carbonyl (C=O) groups is 2.